The zero-order valence-corrected chi connectivity index (χ0v) is 15.0. The average Bonchev–Trinajstić information content (AvgIpc) is 3.11. The third kappa shape index (κ3) is 4.02. The van der Waals surface area contributed by atoms with E-state index in [1.54, 1.807) is 12.1 Å². The number of rotatable bonds is 5. The fourth-order valence-corrected chi connectivity index (χ4v) is 2.94. The summed E-state index contributed by atoms with van der Waals surface area (Å²) < 4.78 is 33.2. The first kappa shape index (κ1) is 19.1. The third-order valence-electron chi connectivity index (χ3n) is 4.10. The van der Waals surface area contributed by atoms with Crippen LogP contribution in [0, 0.1) is 11.6 Å². The van der Waals surface area contributed by atoms with Crippen molar-refractivity contribution in [1.29, 1.82) is 0 Å². The Labute approximate surface area is 159 Å². The Kier molecular flexibility index (Phi) is 5.58. The molecule has 0 saturated carbocycles. The number of hydrogen-bond acceptors (Lipinski definition) is 3. The van der Waals surface area contributed by atoms with Crippen LogP contribution in [-0.2, 0) is 0 Å². The van der Waals surface area contributed by atoms with Crippen LogP contribution in [0.5, 0.6) is 0 Å². The second-order valence-electron chi connectivity index (χ2n) is 5.99. The molecule has 0 aliphatic rings. The fourth-order valence-electron chi connectivity index (χ4n) is 2.67. The number of aliphatic hydroxyl groups is 1. The van der Waals surface area contributed by atoms with Gasteiger partial charge in [-0.3, -0.25) is 4.79 Å². The van der Waals surface area contributed by atoms with Gasteiger partial charge < -0.3 is 14.8 Å². The zero-order chi connectivity index (χ0) is 19.6. The van der Waals surface area contributed by atoms with Crippen LogP contribution >= 0.6 is 11.6 Å². The van der Waals surface area contributed by atoms with Crippen molar-refractivity contribution in [3.05, 3.63) is 82.6 Å². The minimum atomic E-state index is -1.36. The Hall–Kier alpha value is -2.70. The van der Waals surface area contributed by atoms with E-state index >= 15 is 0 Å². The molecule has 1 amide bonds. The number of amides is 1. The lowest BCUT2D eigenvalue weighted by molar-refractivity contribution is 0.0821. The second-order valence-corrected chi connectivity index (χ2v) is 6.39. The molecule has 27 heavy (non-hydrogen) atoms. The van der Waals surface area contributed by atoms with E-state index in [2.05, 4.69) is 5.32 Å². The van der Waals surface area contributed by atoms with Crippen molar-refractivity contribution < 1.29 is 23.1 Å². The Morgan fingerprint density at radius 1 is 1.07 bits per heavy atom. The molecule has 1 aromatic heterocycles. The molecule has 2 atom stereocenters. The normalized spacial score (nSPS) is 13.2. The van der Waals surface area contributed by atoms with Gasteiger partial charge in [-0.05, 0) is 43.3 Å². The Morgan fingerprint density at radius 2 is 1.78 bits per heavy atom. The molecule has 0 fully saturated rings. The number of furan rings is 1. The summed E-state index contributed by atoms with van der Waals surface area (Å²) in [5.74, 6) is -1.64. The van der Waals surface area contributed by atoms with Gasteiger partial charge in [0.1, 0.15) is 23.5 Å². The Morgan fingerprint density at radius 3 is 2.48 bits per heavy atom. The van der Waals surface area contributed by atoms with Gasteiger partial charge in [-0.25, -0.2) is 8.78 Å². The second kappa shape index (κ2) is 7.90. The van der Waals surface area contributed by atoms with Gasteiger partial charge in [0, 0.05) is 10.6 Å². The van der Waals surface area contributed by atoms with Crippen molar-refractivity contribution in [3.63, 3.8) is 0 Å². The SMILES string of the molecule is CC(NC(=O)c1ccc(-c2ccccc2F)o1)C(O)c1c(F)cccc1Cl. The van der Waals surface area contributed by atoms with Gasteiger partial charge in [0.2, 0.25) is 0 Å². The van der Waals surface area contributed by atoms with Crippen LogP contribution < -0.4 is 5.32 Å². The van der Waals surface area contributed by atoms with Gasteiger partial charge in [0.25, 0.3) is 5.91 Å². The molecule has 0 bridgehead atoms. The van der Waals surface area contributed by atoms with Gasteiger partial charge in [-0.2, -0.15) is 0 Å². The van der Waals surface area contributed by atoms with Crippen LogP contribution in [0.4, 0.5) is 8.78 Å². The molecule has 0 aliphatic carbocycles. The Balaban J connectivity index is 1.75. The molecule has 3 aromatic rings. The zero-order valence-electron chi connectivity index (χ0n) is 14.2. The van der Waals surface area contributed by atoms with E-state index in [-0.39, 0.29) is 27.7 Å². The first-order valence-electron chi connectivity index (χ1n) is 8.16. The first-order valence-corrected chi connectivity index (χ1v) is 8.54. The number of carbonyl (C=O) groups is 1. The average molecular weight is 392 g/mol. The third-order valence-corrected chi connectivity index (χ3v) is 4.43. The molecule has 2 N–H and O–H groups in total. The predicted octanol–water partition coefficient (Wildman–Crippen LogP) is 4.73. The van der Waals surface area contributed by atoms with Crippen molar-refractivity contribution >= 4 is 17.5 Å². The van der Waals surface area contributed by atoms with Crippen LogP contribution in [0.25, 0.3) is 11.3 Å². The van der Waals surface area contributed by atoms with Gasteiger partial charge in [-0.1, -0.05) is 29.8 Å². The lowest BCUT2D eigenvalue weighted by Crippen LogP contribution is -2.37. The van der Waals surface area contributed by atoms with Crippen molar-refractivity contribution in [2.24, 2.45) is 0 Å². The summed E-state index contributed by atoms with van der Waals surface area (Å²) in [5.41, 5.74) is 0.126. The summed E-state index contributed by atoms with van der Waals surface area (Å²) in [5, 5.41) is 12.9. The van der Waals surface area contributed by atoms with E-state index in [9.17, 15) is 18.7 Å². The molecule has 0 saturated heterocycles. The van der Waals surface area contributed by atoms with Gasteiger partial charge in [0.15, 0.2) is 5.76 Å². The topological polar surface area (TPSA) is 62.5 Å². The molecule has 4 nitrogen and oxygen atoms in total. The first-order chi connectivity index (χ1) is 12.9. The smallest absolute Gasteiger partial charge is 0.287 e. The molecule has 0 radical (unpaired) electrons. The molecule has 2 aromatic carbocycles. The predicted molar refractivity (Wildman–Crippen MR) is 97.4 cm³/mol. The highest BCUT2D eigenvalue weighted by atomic mass is 35.5. The number of carbonyl (C=O) groups excluding carboxylic acids is 1. The lowest BCUT2D eigenvalue weighted by Gasteiger charge is -2.21. The standard InChI is InChI=1S/C20H16ClF2NO3/c1-11(19(25)18-13(21)6-4-8-15(18)23)24-20(26)17-10-9-16(27-17)12-5-2-3-7-14(12)22/h2-11,19,25H,1H3,(H,24,26). The molecule has 0 spiro atoms. The summed E-state index contributed by atoms with van der Waals surface area (Å²) in [7, 11) is 0. The van der Waals surface area contributed by atoms with E-state index in [1.807, 2.05) is 0 Å². The maximum Gasteiger partial charge on any atom is 0.287 e. The number of halogens is 3. The van der Waals surface area contributed by atoms with Crippen molar-refractivity contribution in [2.75, 3.05) is 0 Å². The van der Waals surface area contributed by atoms with E-state index in [4.69, 9.17) is 16.0 Å². The van der Waals surface area contributed by atoms with E-state index in [0.29, 0.717) is 0 Å². The number of aliphatic hydroxyl groups excluding tert-OH is 1. The van der Waals surface area contributed by atoms with Crippen LogP contribution in [0.2, 0.25) is 5.02 Å². The van der Waals surface area contributed by atoms with Crippen LogP contribution in [0.3, 0.4) is 0 Å². The van der Waals surface area contributed by atoms with Crippen molar-refractivity contribution in [2.45, 2.75) is 19.1 Å². The van der Waals surface area contributed by atoms with Crippen LogP contribution in [-0.4, -0.2) is 17.1 Å². The lowest BCUT2D eigenvalue weighted by atomic mass is 10.0. The van der Waals surface area contributed by atoms with Crippen LogP contribution in [0.15, 0.2) is 59.0 Å². The Bertz CT molecular complexity index is 953. The summed E-state index contributed by atoms with van der Waals surface area (Å²) >= 11 is 5.94. The highest BCUT2D eigenvalue weighted by molar-refractivity contribution is 6.31. The van der Waals surface area contributed by atoms with E-state index in [1.165, 1.54) is 49.4 Å². The van der Waals surface area contributed by atoms with Crippen molar-refractivity contribution in [3.8, 4) is 11.3 Å². The quantitative estimate of drug-likeness (QED) is 0.661. The van der Waals surface area contributed by atoms with Gasteiger partial charge in [0.05, 0.1) is 11.6 Å². The summed E-state index contributed by atoms with van der Waals surface area (Å²) in [6.07, 6.45) is -1.36. The maximum absolute atomic E-state index is 13.9. The molecule has 2 unspecified atom stereocenters. The fraction of sp³-hybridized carbons (Fsp3) is 0.150. The molecule has 3 rings (SSSR count). The molecular weight excluding hydrogens is 376 g/mol. The molecule has 7 heteroatoms. The molecule has 1 heterocycles. The van der Waals surface area contributed by atoms with E-state index in [0.717, 1.165) is 0 Å². The minimum Gasteiger partial charge on any atom is -0.451 e. The van der Waals surface area contributed by atoms with Crippen LogP contribution in [0.1, 0.15) is 29.1 Å². The monoisotopic (exact) mass is 391 g/mol. The maximum atomic E-state index is 13.9. The number of nitrogens with one attached hydrogen (secondary N) is 1. The van der Waals surface area contributed by atoms with Crippen molar-refractivity contribution in [1.82, 2.24) is 5.32 Å². The van der Waals surface area contributed by atoms with Gasteiger partial charge in [-0.15, -0.1) is 0 Å². The summed E-state index contributed by atoms with van der Waals surface area (Å²) in [6, 6.07) is 12.1. The molecule has 140 valence electrons. The number of benzene rings is 2. The number of hydrogen-bond donors (Lipinski definition) is 2. The highest BCUT2D eigenvalue weighted by Crippen LogP contribution is 2.28. The van der Waals surface area contributed by atoms with Gasteiger partial charge >= 0.3 is 0 Å². The highest BCUT2D eigenvalue weighted by Gasteiger charge is 2.25. The molecular formula is C20H16ClF2NO3. The minimum absolute atomic E-state index is 0.0587. The summed E-state index contributed by atoms with van der Waals surface area (Å²) in [4.78, 5) is 12.4. The molecule has 0 aliphatic heterocycles. The summed E-state index contributed by atoms with van der Waals surface area (Å²) in [6.45, 7) is 1.51. The largest absolute Gasteiger partial charge is 0.451 e. The van der Waals surface area contributed by atoms with E-state index < -0.39 is 29.7 Å².